The second-order valence-corrected chi connectivity index (χ2v) is 6.60. The number of aromatic amines is 1. The molecule has 0 bridgehead atoms. The maximum Gasteiger partial charge on any atom is 0.321 e. The smallest absolute Gasteiger partial charge is 0.321 e. The van der Waals surface area contributed by atoms with E-state index >= 15 is 0 Å². The summed E-state index contributed by atoms with van der Waals surface area (Å²) in [5.41, 5.74) is 3.87. The first kappa shape index (κ1) is 17.1. The van der Waals surface area contributed by atoms with E-state index in [-0.39, 0.29) is 6.03 Å². The third kappa shape index (κ3) is 3.76. The third-order valence-electron chi connectivity index (χ3n) is 4.81. The van der Waals surface area contributed by atoms with Gasteiger partial charge in [0.1, 0.15) is 0 Å². The summed E-state index contributed by atoms with van der Waals surface area (Å²) in [4.78, 5) is 20.7. The number of hydrogen-bond donors (Lipinski definition) is 2. The van der Waals surface area contributed by atoms with E-state index in [1.165, 1.54) is 0 Å². The fourth-order valence-electron chi connectivity index (χ4n) is 3.19. The molecule has 0 aliphatic carbocycles. The molecule has 2 amide bonds. The number of rotatable bonds is 3. The van der Waals surface area contributed by atoms with Gasteiger partial charge in [0.15, 0.2) is 5.82 Å². The lowest BCUT2D eigenvalue weighted by molar-refractivity contribution is 0.208. The number of hydrogen-bond acceptors (Lipinski definition) is 4. The van der Waals surface area contributed by atoms with Crippen LogP contribution in [0.4, 0.5) is 16.3 Å². The van der Waals surface area contributed by atoms with Crippen molar-refractivity contribution in [2.24, 2.45) is 0 Å². The third-order valence-corrected chi connectivity index (χ3v) is 4.81. The molecule has 138 valence electrons. The van der Waals surface area contributed by atoms with E-state index in [0.29, 0.717) is 13.1 Å². The van der Waals surface area contributed by atoms with E-state index in [2.05, 4.69) is 25.4 Å². The van der Waals surface area contributed by atoms with Gasteiger partial charge in [-0.05, 0) is 30.7 Å². The summed E-state index contributed by atoms with van der Waals surface area (Å²) >= 11 is 0. The second-order valence-electron chi connectivity index (χ2n) is 6.60. The van der Waals surface area contributed by atoms with Gasteiger partial charge in [-0.1, -0.05) is 18.2 Å². The van der Waals surface area contributed by atoms with Crippen LogP contribution in [0, 0.1) is 6.92 Å². The SMILES string of the molecule is Cc1ccccc1NC(=O)N1CCN(c2cc(-c3cccnc3)[nH]n2)CC1. The summed E-state index contributed by atoms with van der Waals surface area (Å²) < 4.78 is 0. The van der Waals surface area contributed by atoms with Gasteiger partial charge in [0.05, 0.1) is 5.69 Å². The number of amides is 2. The second kappa shape index (κ2) is 7.49. The number of anilines is 2. The molecule has 0 atom stereocenters. The molecule has 1 aliphatic rings. The van der Waals surface area contributed by atoms with Gasteiger partial charge in [-0.2, -0.15) is 5.10 Å². The molecule has 3 aromatic rings. The Hall–Kier alpha value is -3.35. The van der Waals surface area contributed by atoms with Crippen LogP contribution in [0.25, 0.3) is 11.3 Å². The molecular formula is C20H22N6O. The fourth-order valence-corrected chi connectivity index (χ4v) is 3.19. The van der Waals surface area contributed by atoms with Crippen LogP contribution in [0.5, 0.6) is 0 Å². The molecule has 1 aliphatic heterocycles. The molecule has 0 saturated carbocycles. The van der Waals surface area contributed by atoms with Crippen LogP contribution in [-0.4, -0.2) is 52.3 Å². The van der Waals surface area contributed by atoms with Gasteiger partial charge >= 0.3 is 6.03 Å². The zero-order valence-corrected chi connectivity index (χ0v) is 15.2. The Kier molecular flexibility index (Phi) is 4.74. The first-order valence-electron chi connectivity index (χ1n) is 9.03. The molecule has 4 rings (SSSR count). The van der Waals surface area contributed by atoms with Crippen molar-refractivity contribution in [3.05, 3.63) is 60.4 Å². The first-order chi connectivity index (χ1) is 13.2. The molecule has 2 N–H and O–H groups in total. The number of carbonyl (C=O) groups is 1. The van der Waals surface area contributed by atoms with Gasteiger partial charge in [0.2, 0.25) is 0 Å². The quantitative estimate of drug-likeness (QED) is 0.750. The number of urea groups is 1. The topological polar surface area (TPSA) is 77.2 Å². The van der Waals surface area contributed by atoms with Crippen LogP contribution in [-0.2, 0) is 0 Å². The number of H-pyrrole nitrogens is 1. The van der Waals surface area contributed by atoms with Crippen molar-refractivity contribution in [1.29, 1.82) is 0 Å². The average Bonchev–Trinajstić information content (AvgIpc) is 3.21. The molecule has 1 fully saturated rings. The number of piperazine rings is 1. The minimum atomic E-state index is -0.0537. The molecule has 3 heterocycles. The minimum Gasteiger partial charge on any atom is -0.352 e. The lowest BCUT2D eigenvalue weighted by Gasteiger charge is -2.34. The molecule has 0 radical (unpaired) electrons. The van der Waals surface area contributed by atoms with Crippen molar-refractivity contribution in [2.45, 2.75) is 6.92 Å². The van der Waals surface area contributed by atoms with Crippen molar-refractivity contribution in [2.75, 3.05) is 36.4 Å². The Balaban J connectivity index is 1.36. The monoisotopic (exact) mass is 362 g/mol. The van der Waals surface area contributed by atoms with Gasteiger partial charge in [-0.15, -0.1) is 0 Å². The maximum atomic E-state index is 12.5. The molecular weight excluding hydrogens is 340 g/mol. The number of nitrogens with zero attached hydrogens (tertiary/aromatic N) is 4. The van der Waals surface area contributed by atoms with E-state index < -0.39 is 0 Å². The molecule has 1 aromatic carbocycles. The largest absolute Gasteiger partial charge is 0.352 e. The van der Waals surface area contributed by atoms with E-state index in [1.54, 1.807) is 6.20 Å². The molecule has 7 nitrogen and oxygen atoms in total. The Morgan fingerprint density at radius 1 is 1.11 bits per heavy atom. The summed E-state index contributed by atoms with van der Waals surface area (Å²) in [6.07, 6.45) is 3.56. The Bertz CT molecular complexity index is 915. The van der Waals surface area contributed by atoms with Crippen LogP contribution in [0.2, 0.25) is 0 Å². The van der Waals surface area contributed by atoms with Crippen molar-refractivity contribution >= 4 is 17.5 Å². The molecule has 7 heteroatoms. The van der Waals surface area contributed by atoms with Crippen LogP contribution in [0.1, 0.15) is 5.56 Å². The number of aryl methyl sites for hydroxylation is 1. The zero-order chi connectivity index (χ0) is 18.6. The van der Waals surface area contributed by atoms with Gasteiger partial charge in [-0.3, -0.25) is 10.1 Å². The van der Waals surface area contributed by atoms with Crippen LogP contribution < -0.4 is 10.2 Å². The highest BCUT2D eigenvalue weighted by Crippen LogP contribution is 2.22. The summed E-state index contributed by atoms with van der Waals surface area (Å²) in [6.45, 7) is 4.81. The van der Waals surface area contributed by atoms with E-state index in [1.807, 2.05) is 60.5 Å². The number of nitrogens with one attached hydrogen (secondary N) is 2. The van der Waals surface area contributed by atoms with Crippen LogP contribution in [0.15, 0.2) is 54.9 Å². The Morgan fingerprint density at radius 2 is 1.93 bits per heavy atom. The summed E-state index contributed by atoms with van der Waals surface area (Å²) in [5, 5.41) is 10.5. The highest BCUT2D eigenvalue weighted by atomic mass is 16.2. The molecule has 2 aromatic heterocycles. The molecule has 0 unspecified atom stereocenters. The number of benzene rings is 1. The predicted molar refractivity (Wildman–Crippen MR) is 106 cm³/mol. The van der Waals surface area contributed by atoms with Gasteiger partial charge < -0.3 is 15.1 Å². The zero-order valence-electron chi connectivity index (χ0n) is 15.2. The van der Waals surface area contributed by atoms with Gasteiger partial charge in [0, 0.05) is 55.9 Å². The normalized spacial score (nSPS) is 14.3. The maximum absolute atomic E-state index is 12.5. The van der Waals surface area contributed by atoms with Crippen molar-refractivity contribution in [3.8, 4) is 11.3 Å². The van der Waals surface area contributed by atoms with E-state index in [0.717, 1.165) is 41.4 Å². The molecule has 1 saturated heterocycles. The van der Waals surface area contributed by atoms with Crippen molar-refractivity contribution in [1.82, 2.24) is 20.1 Å². The van der Waals surface area contributed by atoms with E-state index in [4.69, 9.17) is 0 Å². The average molecular weight is 362 g/mol. The van der Waals surface area contributed by atoms with Crippen LogP contribution in [0.3, 0.4) is 0 Å². The van der Waals surface area contributed by atoms with Gasteiger partial charge in [0.25, 0.3) is 0 Å². The van der Waals surface area contributed by atoms with Crippen molar-refractivity contribution in [3.63, 3.8) is 0 Å². The Labute approximate surface area is 158 Å². The van der Waals surface area contributed by atoms with Crippen molar-refractivity contribution < 1.29 is 4.79 Å². The summed E-state index contributed by atoms with van der Waals surface area (Å²) in [7, 11) is 0. The number of para-hydroxylation sites is 1. The molecule has 27 heavy (non-hydrogen) atoms. The fraction of sp³-hybridized carbons (Fsp3) is 0.250. The number of aromatic nitrogens is 3. The first-order valence-corrected chi connectivity index (χ1v) is 9.03. The Morgan fingerprint density at radius 3 is 2.67 bits per heavy atom. The summed E-state index contributed by atoms with van der Waals surface area (Å²) in [6, 6.07) is 13.7. The van der Waals surface area contributed by atoms with Gasteiger partial charge in [-0.25, -0.2) is 4.79 Å². The predicted octanol–water partition coefficient (Wildman–Crippen LogP) is 3.13. The lowest BCUT2D eigenvalue weighted by atomic mass is 10.2. The lowest BCUT2D eigenvalue weighted by Crippen LogP contribution is -2.50. The summed E-state index contributed by atoms with van der Waals surface area (Å²) in [5.74, 6) is 0.896. The molecule has 0 spiro atoms. The highest BCUT2D eigenvalue weighted by molar-refractivity contribution is 5.90. The standard InChI is InChI=1S/C20H22N6O/c1-15-5-2-3-7-17(15)22-20(27)26-11-9-25(10-12-26)19-13-18(23-24-19)16-6-4-8-21-14-16/h2-8,13-14H,9-12H2,1H3,(H,22,27)(H,23,24). The van der Waals surface area contributed by atoms with Crippen LogP contribution >= 0.6 is 0 Å². The number of carbonyl (C=O) groups excluding carboxylic acids is 1. The van der Waals surface area contributed by atoms with E-state index in [9.17, 15) is 4.79 Å². The number of pyridine rings is 1. The highest BCUT2D eigenvalue weighted by Gasteiger charge is 2.23. The minimum absolute atomic E-state index is 0.0537.